The summed E-state index contributed by atoms with van der Waals surface area (Å²) in [6, 6.07) is -1.15. The number of ether oxygens (including phenoxy) is 1. The Balaban J connectivity index is 2.65. The van der Waals surface area contributed by atoms with Gasteiger partial charge in [0.2, 0.25) is 11.8 Å². The number of carbonyl (C=O) groups excluding carboxylic acids is 2. The van der Waals surface area contributed by atoms with Crippen molar-refractivity contribution in [3.63, 3.8) is 0 Å². The zero-order chi connectivity index (χ0) is 13.1. The van der Waals surface area contributed by atoms with Crippen molar-refractivity contribution < 1.29 is 24.2 Å². The van der Waals surface area contributed by atoms with E-state index in [1.807, 2.05) is 0 Å². The second-order valence-corrected chi connectivity index (χ2v) is 3.96. The number of amides is 2. The molecule has 2 atom stereocenters. The Morgan fingerprint density at radius 3 is 2.53 bits per heavy atom. The van der Waals surface area contributed by atoms with Crippen LogP contribution in [0, 0.1) is 0 Å². The van der Waals surface area contributed by atoms with E-state index in [-0.39, 0.29) is 26.1 Å². The number of hydrogen-bond donors (Lipinski definition) is 4. The molecule has 1 aliphatic heterocycles. The Bertz CT molecular complexity index is 338. The predicted molar refractivity (Wildman–Crippen MR) is 55.7 cm³/mol. The number of nitrogens with two attached hydrogens (primary N) is 2. The SMILES string of the molecule is NC(=O)CC(N)C(=O)NC1(C(=O)O)CCOC1. The van der Waals surface area contributed by atoms with Gasteiger partial charge in [-0.25, -0.2) is 4.79 Å². The maximum atomic E-state index is 11.6. The molecule has 0 aliphatic carbocycles. The van der Waals surface area contributed by atoms with Gasteiger partial charge in [0.15, 0.2) is 5.54 Å². The van der Waals surface area contributed by atoms with Crippen molar-refractivity contribution in [1.29, 1.82) is 0 Å². The number of carbonyl (C=O) groups is 3. The van der Waals surface area contributed by atoms with Gasteiger partial charge in [-0.3, -0.25) is 9.59 Å². The maximum Gasteiger partial charge on any atom is 0.331 e. The first-order valence-electron chi connectivity index (χ1n) is 5.04. The van der Waals surface area contributed by atoms with Gasteiger partial charge < -0.3 is 26.6 Å². The van der Waals surface area contributed by atoms with E-state index in [0.29, 0.717) is 0 Å². The summed E-state index contributed by atoms with van der Waals surface area (Å²) in [7, 11) is 0. The molecule has 0 aromatic rings. The molecule has 1 fully saturated rings. The Morgan fingerprint density at radius 2 is 2.12 bits per heavy atom. The monoisotopic (exact) mass is 245 g/mol. The first-order valence-corrected chi connectivity index (χ1v) is 5.04. The highest BCUT2D eigenvalue weighted by Crippen LogP contribution is 2.19. The maximum absolute atomic E-state index is 11.6. The van der Waals surface area contributed by atoms with Crippen molar-refractivity contribution in [2.45, 2.75) is 24.4 Å². The van der Waals surface area contributed by atoms with E-state index in [4.69, 9.17) is 21.3 Å². The lowest BCUT2D eigenvalue weighted by atomic mass is 9.98. The molecule has 1 saturated heterocycles. The summed E-state index contributed by atoms with van der Waals surface area (Å²) in [6.45, 7) is 0.134. The minimum Gasteiger partial charge on any atom is -0.479 e. The van der Waals surface area contributed by atoms with Gasteiger partial charge in [0.1, 0.15) is 0 Å². The normalized spacial score (nSPS) is 25.2. The number of carboxylic acid groups (broad SMARTS) is 1. The molecule has 1 aliphatic rings. The van der Waals surface area contributed by atoms with Crippen LogP contribution in [-0.4, -0.2) is 47.7 Å². The van der Waals surface area contributed by atoms with Crippen LogP contribution in [0.4, 0.5) is 0 Å². The van der Waals surface area contributed by atoms with Crippen LogP contribution in [0.25, 0.3) is 0 Å². The van der Waals surface area contributed by atoms with E-state index in [1.54, 1.807) is 0 Å². The van der Waals surface area contributed by atoms with Crippen molar-refractivity contribution >= 4 is 17.8 Å². The molecule has 2 unspecified atom stereocenters. The number of nitrogens with one attached hydrogen (secondary N) is 1. The highest BCUT2D eigenvalue weighted by atomic mass is 16.5. The summed E-state index contributed by atoms with van der Waals surface area (Å²) in [4.78, 5) is 33.2. The Kier molecular flexibility index (Phi) is 4.02. The van der Waals surface area contributed by atoms with Crippen molar-refractivity contribution in [3.8, 4) is 0 Å². The fourth-order valence-corrected chi connectivity index (χ4v) is 1.52. The Morgan fingerprint density at radius 1 is 1.47 bits per heavy atom. The van der Waals surface area contributed by atoms with Crippen LogP contribution in [0.15, 0.2) is 0 Å². The Hall–Kier alpha value is -1.67. The van der Waals surface area contributed by atoms with Crippen molar-refractivity contribution in [1.82, 2.24) is 5.32 Å². The molecule has 2 amide bonds. The zero-order valence-corrected chi connectivity index (χ0v) is 9.14. The number of primary amides is 1. The fourth-order valence-electron chi connectivity index (χ4n) is 1.52. The second-order valence-electron chi connectivity index (χ2n) is 3.96. The van der Waals surface area contributed by atoms with E-state index in [0.717, 1.165) is 0 Å². The molecule has 96 valence electrons. The summed E-state index contributed by atoms with van der Waals surface area (Å²) in [5.41, 5.74) is 8.85. The third kappa shape index (κ3) is 3.14. The third-order valence-corrected chi connectivity index (χ3v) is 2.55. The summed E-state index contributed by atoms with van der Waals surface area (Å²) < 4.78 is 4.96. The molecule has 0 saturated carbocycles. The molecular weight excluding hydrogens is 230 g/mol. The van der Waals surface area contributed by atoms with Crippen LogP contribution in [0.2, 0.25) is 0 Å². The lowest BCUT2D eigenvalue weighted by Gasteiger charge is -2.25. The largest absolute Gasteiger partial charge is 0.479 e. The lowest BCUT2D eigenvalue weighted by Crippen LogP contribution is -2.59. The lowest BCUT2D eigenvalue weighted by molar-refractivity contribution is -0.147. The van der Waals surface area contributed by atoms with E-state index in [2.05, 4.69) is 5.32 Å². The van der Waals surface area contributed by atoms with Crippen molar-refractivity contribution in [2.24, 2.45) is 11.5 Å². The second kappa shape index (κ2) is 5.11. The molecule has 0 radical (unpaired) electrons. The smallest absolute Gasteiger partial charge is 0.331 e. The molecule has 8 nitrogen and oxygen atoms in total. The highest BCUT2D eigenvalue weighted by Gasteiger charge is 2.44. The van der Waals surface area contributed by atoms with Crippen LogP contribution in [0.5, 0.6) is 0 Å². The van der Waals surface area contributed by atoms with Crippen LogP contribution in [-0.2, 0) is 19.1 Å². The van der Waals surface area contributed by atoms with Crippen LogP contribution in [0.1, 0.15) is 12.8 Å². The molecule has 1 heterocycles. The first kappa shape index (κ1) is 13.4. The van der Waals surface area contributed by atoms with Gasteiger partial charge in [-0.15, -0.1) is 0 Å². The average molecular weight is 245 g/mol. The van der Waals surface area contributed by atoms with E-state index in [9.17, 15) is 14.4 Å². The van der Waals surface area contributed by atoms with Gasteiger partial charge in [-0.2, -0.15) is 0 Å². The molecule has 0 aromatic heterocycles. The first-order chi connectivity index (χ1) is 7.87. The van der Waals surface area contributed by atoms with Crippen LogP contribution in [0.3, 0.4) is 0 Å². The average Bonchev–Trinajstić information content (AvgIpc) is 2.66. The number of carboxylic acids is 1. The predicted octanol–water partition coefficient (Wildman–Crippen LogP) is -2.45. The minimum atomic E-state index is -1.45. The van der Waals surface area contributed by atoms with Gasteiger partial charge in [-0.05, 0) is 0 Å². The van der Waals surface area contributed by atoms with Crippen molar-refractivity contribution in [3.05, 3.63) is 0 Å². The van der Waals surface area contributed by atoms with Crippen LogP contribution >= 0.6 is 0 Å². The topological polar surface area (TPSA) is 145 Å². The molecular formula is C9H15N3O5. The summed E-state index contributed by atoms with van der Waals surface area (Å²) in [5, 5.41) is 11.3. The quantitative estimate of drug-likeness (QED) is 0.423. The van der Waals surface area contributed by atoms with Crippen LogP contribution < -0.4 is 16.8 Å². The zero-order valence-electron chi connectivity index (χ0n) is 9.14. The van der Waals surface area contributed by atoms with E-state index < -0.39 is 29.4 Å². The number of rotatable bonds is 5. The van der Waals surface area contributed by atoms with Crippen molar-refractivity contribution in [2.75, 3.05) is 13.2 Å². The molecule has 17 heavy (non-hydrogen) atoms. The summed E-state index contributed by atoms with van der Waals surface area (Å²) in [6.07, 6.45) is -0.167. The molecule has 0 bridgehead atoms. The van der Waals surface area contributed by atoms with E-state index in [1.165, 1.54) is 0 Å². The molecule has 8 heteroatoms. The fraction of sp³-hybridized carbons (Fsp3) is 0.667. The summed E-state index contributed by atoms with van der Waals surface area (Å²) in [5.74, 6) is -2.63. The third-order valence-electron chi connectivity index (χ3n) is 2.55. The van der Waals surface area contributed by atoms with Gasteiger partial charge >= 0.3 is 5.97 Å². The Labute approximate surface area is 97.3 Å². The molecule has 0 aromatic carbocycles. The highest BCUT2D eigenvalue weighted by molar-refractivity contribution is 5.92. The standard InChI is InChI=1S/C9H15N3O5/c10-5(3-6(11)13)7(14)12-9(8(15)16)1-2-17-4-9/h5H,1-4,10H2,(H2,11,13)(H,12,14)(H,15,16). The van der Waals surface area contributed by atoms with Gasteiger partial charge in [-0.1, -0.05) is 0 Å². The van der Waals surface area contributed by atoms with E-state index >= 15 is 0 Å². The van der Waals surface area contributed by atoms with Gasteiger partial charge in [0.05, 0.1) is 19.1 Å². The molecule has 6 N–H and O–H groups in total. The van der Waals surface area contributed by atoms with Gasteiger partial charge in [0.25, 0.3) is 0 Å². The number of aliphatic carboxylic acids is 1. The molecule has 1 rings (SSSR count). The van der Waals surface area contributed by atoms with Gasteiger partial charge in [0, 0.05) is 13.0 Å². The molecule has 0 spiro atoms. The number of hydrogen-bond acceptors (Lipinski definition) is 5. The summed E-state index contributed by atoms with van der Waals surface area (Å²) >= 11 is 0. The minimum absolute atomic E-state index is 0.114.